The monoisotopic (exact) mass is 210 g/mol. The molecular formula is C3H14O7Ti. The van der Waals surface area contributed by atoms with Crippen LogP contribution in [0.3, 0.4) is 0 Å². The Hall–Kier alpha value is -0.0157. The van der Waals surface area contributed by atoms with Gasteiger partial charge in [-0.3, -0.25) is 0 Å². The molecule has 0 saturated heterocycles. The first-order valence-electron chi connectivity index (χ1n) is 1.55. The second-order valence-corrected chi connectivity index (χ2v) is 1.01. The molecule has 0 aliphatic carbocycles. The van der Waals surface area contributed by atoms with Gasteiger partial charge in [0.15, 0.2) is 0 Å². The van der Waals surface area contributed by atoms with Gasteiger partial charge in [0.1, 0.15) is 6.10 Å². The Labute approximate surface area is 78.1 Å². The number of aliphatic hydroxyl groups is 1. The van der Waals surface area contributed by atoms with Crippen molar-refractivity contribution in [1.29, 1.82) is 0 Å². The molecule has 0 fully saturated rings. The summed E-state index contributed by atoms with van der Waals surface area (Å²) in [4.78, 5) is 9.45. The topological polar surface area (TPSA) is 184 Å². The zero-order valence-electron chi connectivity index (χ0n) is 5.88. The molecule has 0 aromatic carbocycles. The van der Waals surface area contributed by atoms with E-state index in [1.54, 1.807) is 0 Å². The Morgan fingerprint density at radius 2 is 1.27 bits per heavy atom. The van der Waals surface area contributed by atoms with Crippen molar-refractivity contribution in [1.82, 2.24) is 0 Å². The van der Waals surface area contributed by atoms with Crippen molar-refractivity contribution in [3.8, 4) is 0 Å². The first kappa shape index (κ1) is 44.1. The molecule has 1 unspecified atom stereocenters. The van der Waals surface area contributed by atoms with Crippen LogP contribution in [0.25, 0.3) is 0 Å². The minimum absolute atomic E-state index is 0. The molecule has 0 rings (SSSR count). The fourth-order valence-electron chi connectivity index (χ4n) is 0. The van der Waals surface area contributed by atoms with Crippen LogP contribution in [0.15, 0.2) is 0 Å². The van der Waals surface area contributed by atoms with E-state index < -0.39 is 12.1 Å². The summed E-state index contributed by atoms with van der Waals surface area (Å²) in [5, 5.41) is 15.8. The van der Waals surface area contributed by atoms with E-state index in [2.05, 4.69) is 0 Å². The van der Waals surface area contributed by atoms with Crippen LogP contribution in [0, 0.1) is 0 Å². The normalized spacial score (nSPS) is 7.45. The van der Waals surface area contributed by atoms with E-state index in [1.807, 2.05) is 0 Å². The Morgan fingerprint density at radius 3 is 1.27 bits per heavy atom. The average molecular weight is 210 g/mol. The molecule has 8 heteroatoms. The smallest absolute Gasteiger partial charge is 0.332 e. The van der Waals surface area contributed by atoms with Gasteiger partial charge in [-0.1, -0.05) is 0 Å². The predicted molar refractivity (Wildman–Crippen MR) is 33.8 cm³/mol. The van der Waals surface area contributed by atoms with Gasteiger partial charge >= 0.3 is 5.97 Å². The Bertz CT molecular complexity index is 64.7. The van der Waals surface area contributed by atoms with Crippen LogP contribution in [0.1, 0.15) is 6.92 Å². The van der Waals surface area contributed by atoms with Crippen LogP contribution in [-0.2, 0) is 26.5 Å². The number of carboxylic acids is 1. The van der Waals surface area contributed by atoms with Crippen LogP contribution < -0.4 is 0 Å². The SMILES string of the molecule is CC(O)C(=O)O.O.O.O.O.[Ti]. The minimum Gasteiger partial charge on any atom is -0.479 e. The zero-order valence-corrected chi connectivity index (χ0v) is 7.44. The third kappa shape index (κ3) is 40.1. The summed E-state index contributed by atoms with van der Waals surface area (Å²) in [6.45, 7) is 1.20. The minimum atomic E-state index is -1.23. The fourth-order valence-corrected chi connectivity index (χ4v) is 0. The van der Waals surface area contributed by atoms with Gasteiger partial charge < -0.3 is 32.1 Å². The quantitative estimate of drug-likeness (QED) is 0.420. The van der Waals surface area contributed by atoms with Crippen LogP contribution in [0.4, 0.5) is 0 Å². The molecule has 11 heavy (non-hydrogen) atoms. The van der Waals surface area contributed by atoms with Gasteiger partial charge in [-0.05, 0) is 6.92 Å². The number of rotatable bonds is 1. The predicted octanol–water partition coefficient (Wildman–Crippen LogP) is -3.85. The summed E-state index contributed by atoms with van der Waals surface area (Å²) in [6.07, 6.45) is -1.23. The van der Waals surface area contributed by atoms with Crippen molar-refractivity contribution in [3.63, 3.8) is 0 Å². The summed E-state index contributed by atoms with van der Waals surface area (Å²) in [5.41, 5.74) is 0. The van der Waals surface area contributed by atoms with E-state index in [1.165, 1.54) is 6.92 Å². The second-order valence-electron chi connectivity index (χ2n) is 1.01. The van der Waals surface area contributed by atoms with Crippen LogP contribution in [0.5, 0.6) is 0 Å². The van der Waals surface area contributed by atoms with Gasteiger partial charge in [-0.15, -0.1) is 0 Å². The number of aliphatic carboxylic acids is 1. The standard InChI is InChI=1S/C3H6O3.4H2O.Ti/c1-2(4)3(5)6;;;;;/h2,4H,1H3,(H,5,6);4*1H2;. The molecule has 10 N–H and O–H groups in total. The molecule has 0 aromatic heterocycles. The van der Waals surface area contributed by atoms with Crippen molar-refractivity contribution >= 4 is 5.97 Å². The van der Waals surface area contributed by atoms with E-state index >= 15 is 0 Å². The van der Waals surface area contributed by atoms with E-state index in [0.717, 1.165) is 0 Å². The van der Waals surface area contributed by atoms with Gasteiger partial charge in [-0.25, -0.2) is 4.79 Å². The molecule has 0 saturated carbocycles. The summed E-state index contributed by atoms with van der Waals surface area (Å²) in [7, 11) is 0. The van der Waals surface area contributed by atoms with Gasteiger partial charge in [0, 0.05) is 21.7 Å². The van der Waals surface area contributed by atoms with Crippen molar-refractivity contribution in [2.45, 2.75) is 13.0 Å². The van der Waals surface area contributed by atoms with Crippen LogP contribution in [0.2, 0.25) is 0 Å². The van der Waals surface area contributed by atoms with Gasteiger partial charge in [0.2, 0.25) is 0 Å². The molecule has 0 aliphatic heterocycles. The molecule has 0 radical (unpaired) electrons. The van der Waals surface area contributed by atoms with E-state index in [4.69, 9.17) is 10.2 Å². The molecule has 1 atom stereocenters. The van der Waals surface area contributed by atoms with Gasteiger partial charge in [0.05, 0.1) is 0 Å². The number of aliphatic hydroxyl groups excluding tert-OH is 1. The second kappa shape index (κ2) is 22.5. The zero-order chi connectivity index (χ0) is 5.15. The van der Waals surface area contributed by atoms with Crippen molar-refractivity contribution in [3.05, 3.63) is 0 Å². The first-order valence-corrected chi connectivity index (χ1v) is 1.55. The van der Waals surface area contributed by atoms with E-state index in [0.29, 0.717) is 0 Å². The first-order chi connectivity index (χ1) is 2.64. The third-order valence-electron chi connectivity index (χ3n) is 0.357. The third-order valence-corrected chi connectivity index (χ3v) is 0.357. The maximum absolute atomic E-state index is 9.45. The number of hydrogen-bond acceptors (Lipinski definition) is 2. The molecular weight excluding hydrogens is 196 g/mol. The van der Waals surface area contributed by atoms with Crippen molar-refractivity contribution in [2.75, 3.05) is 0 Å². The summed E-state index contributed by atoms with van der Waals surface area (Å²) < 4.78 is 0. The molecule has 0 aliphatic rings. The molecule has 0 spiro atoms. The Kier molecular flexibility index (Phi) is 90.2. The molecule has 7 nitrogen and oxygen atoms in total. The Morgan fingerprint density at radius 1 is 1.18 bits per heavy atom. The van der Waals surface area contributed by atoms with Gasteiger partial charge in [-0.2, -0.15) is 0 Å². The van der Waals surface area contributed by atoms with Crippen LogP contribution >= 0.6 is 0 Å². The fraction of sp³-hybridized carbons (Fsp3) is 0.667. The van der Waals surface area contributed by atoms with E-state index in [-0.39, 0.29) is 43.6 Å². The summed E-state index contributed by atoms with van der Waals surface area (Å²) in [6, 6.07) is 0. The Balaban J connectivity index is -0.0000000125. The molecule has 0 bridgehead atoms. The molecule has 0 aromatic rings. The maximum Gasteiger partial charge on any atom is 0.332 e. The van der Waals surface area contributed by atoms with E-state index in [9.17, 15) is 4.79 Å². The largest absolute Gasteiger partial charge is 0.479 e. The maximum atomic E-state index is 9.45. The number of carbonyl (C=O) groups is 1. The molecule has 0 amide bonds. The summed E-state index contributed by atoms with van der Waals surface area (Å²) in [5.74, 6) is -1.19. The van der Waals surface area contributed by atoms with Crippen LogP contribution in [-0.4, -0.2) is 44.2 Å². The number of hydrogen-bond donors (Lipinski definition) is 2. The van der Waals surface area contributed by atoms with Crippen molar-refractivity contribution in [2.24, 2.45) is 0 Å². The molecule has 72 valence electrons. The van der Waals surface area contributed by atoms with Crippen molar-refractivity contribution < 1.29 is 58.6 Å². The van der Waals surface area contributed by atoms with Gasteiger partial charge in [0.25, 0.3) is 0 Å². The molecule has 0 heterocycles. The number of carboxylic acid groups (broad SMARTS) is 1. The average Bonchev–Trinajstić information content (AvgIpc) is 1.36. The summed E-state index contributed by atoms with van der Waals surface area (Å²) >= 11 is 0.